The van der Waals surface area contributed by atoms with Crippen molar-refractivity contribution in [2.45, 2.75) is 89.2 Å². The predicted octanol–water partition coefficient (Wildman–Crippen LogP) is 5.85. The van der Waals surface area contributed by atoms with E-state index >= 15 is 0 Å². The number of carboxylic acids is 1. The number of nitrogens with zero attached hydrogens (tertiary/aromatic N) is 2. The van der Waals surface area contributed by atoms with Gasteiger partial charge in [-0.3, -0.25) is 23.0 Å². The van der Waals surface area contributed by atoms with Gasteiger partial charge >= 0.3 is 5.97 Å². The summed E-state index contributed by atoms with van der Waals surface area (Å²) in [6.07, 6.45) is 9.34. The van der Waals surface area contributed by atoms with Gasteiger partial charge in [-0.05, 0) is 110 Å². The molecule has 2 atom stereocenters. The summed E-state index contributed by atoms with van der Waals surface area (Å²) in [6.45, 7) is 6.60. The normalized spacial score (nSPS) is 18.2. The molecular formula is C56H74N2O24S5. The summed E-state index contributed by atoms with van der Waals surface area (Å²) in [4.78, 5) is 9.95. The van der Waals surface area contributed by atoms with Crippen LogP contribution >= 0.6 is 0 Å². The van der Waals surface area contributed by atoms with E-state index in [9.17, 15) is 74.8 Å². The number of aliphatic carboxylic acids is 1. The number of methoxy groups -OCH3 is 2. The lowest BCUT2D eigenvalue weighted by Gasteiger charge is -2.31. The minimum atomic E-state index is -5.37. The Labute approximate surface area is 507 Å². The van der Waals surface area contributed by atoms with Gasteiger partial charge in [0.05, 0.1) is 91.9 Å². The Morgan fingerprint density at radius 1 is 0.575 bits per heavy atom. The maximum absolute atomic E-state index is 12.9. The van der Waals surface area contributed by atoms with Crippen LogP contribution in [0, 0.1) is 0 Å². The summed E-state index contributed by atoms with van der Waals surface area (Å²) >= 11 is 0. The number of carbonyl (C=O) groups is 1. The van der Waals surface area contributed by atoms with E-state index in [2.05, 4.69) is 0 Å². The van der Waals surface area contributed by atoms with E-state index in [0.717, 1.165) is 12.1 Å². The Kier molecular flexibility index (Phi) is 24.9. The predicted molar refractivity (Wildman–Crippen MR) is 318 cm³/mol. The van der Waals surface area contributed by atoms with Crippen LogP contribution in [-0.2, 0) is 99.4 Å². The highest BCUT2D eigenvalue weighted by Crippen LogP contribution is 2.54. The molecule has 0 aromatic heterocycles. The summed E-state index contributed by atoms with van der Waals surface area (Å²) in [5.74, 6) is -1.70. The molecular weight excluding hydrogens is 1240 g/mol. The fourth-order valence-corrected chi connectivity index (χ4v) is 14.1. The zero-order valence-electron chi connectivity index (χ0n) is 48.5. The van der Waals surface area contributed by atoms with E-state index in [4.69, 9.17) is 33.2 Å². The molecule has 0 saturated heterocycles. The Bertz CT molecular complexity index is 3850. The van der Waals surface area contributed by atoms with Crippen molar-refractivity contribution in [3.8, 4) is 0 Å². The van der Waals surface area contributed by atoms with Crippen LogP contribution in [0.15, 0.2) is 104 Å². The van der Waals surface area contributed by atoms with Crippen molar-refractivity contribution in [3.05, 3.63) is 95.7 Å². The second kappa shape index (κ2) is 30.6. The fourth-order valence-electron chi connectivity index (χ4n) is 11.0. The molecule has 482 valence electrons. The number of fused-ring (bicyclic) bond motifs is 6. The number of carboxylic acid groups (broad SMARTS) is 1. The Morgan fingerprint density at radius 3 is 1.64 bits per heavy atom. The first kappa shape index (κ1) is 70.9. The van der Waals surface area contributed by atoms with Gasteiger partial charge in [0.15, 0.2) is 12.3 Å². The summed E-state index contributed by atoms with van der Waals surface area (Å²) in [7, 11) is -22.2. The van der Waals surface area contributed by atoms with Gasteiger partial charge in [-0.2, -0.15) is 38.2 Å². The first-order chi connectivity index (χ1) is 40.9. The molecule has 26 nitrogen and oxygen atoms in total. The average molecular weight is 1320 g/mol. The molecule has 87 heavy (non-hydrogen) atoms. The van der Waals surface area contributed by atoms with E-state index in [0.29, 0.717) is 92.8 Å². The Morgan fingerprint density at radius 2 is 1.10 bits per heavy atom. The molecule has 6 rings (SSSR count). The van der Waals surface area contributed by atoms with Crippen LogP contribution in [0.1, 0.15) is 69.9 Å². The van der Waals surface area contributed by atoms with Gasteiger partial charge in [0.1, 0.15) is 21.6 Å². The topological polar surface area (TPSA) is 383 Å². The largest absolute Gasteiger partial charge is 0.744 e. The van der Waals surface area contributed by atoms with E-state index in [1.807, 2.05) is 11.8 Å². The maximum Gasteiger partial charge on any atom is 0.303 e. The molecule has 2 heterocycles. The van der Waals surface area contributed by atoms with Crippen LogP contribution in [0.5, 0.6) is 0 Å². The van der Waals surface area contributed by atoms with Gasteiger partial charge < -0.3 is 47.7 Å². The van der Waals surface area contributed by atoms with Crippen molar-refractivity contribution in [2.75, 3.05) is 117 Å². The number of unbranched alkanes of at least 4 members (excludes halogenated alkanes) is 2. The lowest BCUT2D eigenvalue weighted by Crippen LogP contribution is -2.33. The molecule has 0 fully saturated rings. The average Bonchev–Trinajstić information content (AvgIpc) is 1.63. The third kappa shape index (κ3) is 18.5. The lowest BCUT2D eigenvalue weighted by molar-refractivity contribution is -0.442. The van der Waals surface area contributed by atoms with Gasteiger partial charge in [-0.15, -0.1) is 0 Å². The summed E-state index contributed by atoms with van der Waals surface area (Å²) in [5, 5.41) is 9.13. The van der Waals surface area contributed by atoms with Crippen LogP contribution in [0.2, 0.25) is 0 Å². The Hall–Kier alpha value is -5.17. The third-order valence-corrected chi connectivity index (χ3v) is 19.1. The lowest BCUT2D eigenvalue weighted by atomic mass is 9.74. The van der Waals surface area contributed by atoms with E-state index in [-0.39, 0.29) is 112 Å². The third-order valence-electron chi connectivity index (χ3n) is 14.9. The van der Waals surface area contributed by atoms with Gasteiger partial charge in [0, 0.05) is 73.7 Å². The molecule has 0 amide bonds. The van der Waals surface area contributed by atoms with Crippen LogP contribution in [0.3, 0.4) is 0 Å². The molecule has 0 spiro atoms. The van der Waals surface area contributed by atoms with Crippen molar-refractivity contribution < 1.29 is 112 Å². The van der Waals surface area contributed by atoms with Gasteiger partial charge in [-0.1, -0.05) is 30.7 Å². The molecule has 31 heteroatoms. The second-order valence-electron chi connectivity index (χ2n) is 20.9. The number of hydrogen-bond donors (Lipinski definition) is 5. The number of benzene rings is 4. The molecule has 0 saturated carbocycles. The number of allylic oxidation sites excluding steroid dienone is 6. The highest BCUT2D eigenvalue weighted by Gasteiger charge is 2.49. The SMILES string of the molecule is COCCOCCOCCOCCC1(C)\C(=C/C=C/C=C/C2=[N+](CCOCCOCCOC)c3ccc4c(S(=O)(=O)O)cc(S(=O)(=O)O)cc4c3C2(C)CCCS(=O)(=O)O)N(CCCCCC(=O)O)c2ccc3c(S(=O)(=O)[O-])cc(S(=O)(=O)O)cc3c21. The van der Waals surface area contributed by atoms with Gasteiger partial charge in [0.2, 0.25) is 5.69 Å². The molecule has 4 aromatic carbocycles. The van der Waals surface area contributed by atoms with E-state index in [1.54, 1.807) is 61.1 Å². The highest BCUT2D eigenvalue weighted by atomic mass is 32.2. The standard InChI is InChI=1S/C56H74N2O24S5/c1-55(19-11-35-83(61,62)63)50(58(22-24-79-30-32-80-27-25-76-3)47-18-16-42-44(53(47)55)36-40(84(64,65)66)38-48(42)86(70,71)72)12-7-5-8-13-51-56(2,20-23-78-29-31-82-34-33-81-28-26-77-4)54-45-37-41(85(67,68)69)39-49(87(73,74)75)43(45)15-17-46(54)57(51)21-10-6-9-14-52(59)60/h5,7-8,12-13,15-18,36-39H,6,9-11,14,19-35H2,1-4H3,(H5-,59,60,61,62,63,64,65,66,67,68,69,70,71,72,73,74,75). The molecule has 2 aliphatic heterocycles. The van der Waals surface area contributed by atoms with Crippen molar-refractivity contribution in [3.63, 3.8) is 0 Å². The zero-order chi connectivity index (χ0) is 64.0. The maximum atomic E-state index is 12.9. The van der Waals surface area contributed by atoms with E-state index in [1.165, 1.54) is 19.2 Å². The minimum absolute atomic E-state index is 0.0209. The molecule has 0 aliphatic carbocycles. The summed E-state index contributed by atoms with van der Waals surface area (Å²) in [5.41, 5.74) is -0.0870. The molecule has 0 radical (unpaired) electrons. The molecule has 2 aliphatic rings. The molecule has 2 unspecified atom stereocenters. The molecule has 4 aromatic rings. The van der Waals surface area contributed by atoms with Crippen molar-refractivity contribution in [1.82, 2.24) is 0 Å². The van der Waals surface area contributed by atoms with Crippen LogP contribution in [0.25, 0.3) is 21.5 Å². The summed E-state index contributed by atoms with van der Waals surface area (Å²) in [6, 6.07) is 9.21. The zero-order valence-corrected chi connectivity index (χ0v) is 52.6. The van der Waals surface area contributed by atoms with Crippen molar-refractivity contribution in [2.24, 2.45) is 0 Å². The van der Waals surface area contributed by atoms with Crippen LogP contribution in [-0.4, -0.2) is 199 Å². The Balaban J connectivity index is 1.52. The number of hydrogen-bond acceptors (Lipinski definition) is 20. The van der Waals surface area contributed by atoms with Gasteiger partial charge in [-0.25, -0.2) is 8.42 Å². The quantitative estimate of drug-likeness (QED) is 0.0152. The number of ether oxygens (including phenoxy) is 7. The van der Waals surface area contributed by atoms with Crippen molar-refractivity contribution in [1.29, 1.82) is 0 Å². The van der Waals surface area contributed by atoms with Crippen LogP contribution in [0.4, 0.5) is 11.4 Å². The first-order valence-corrected chi connectivity index (χ1v) is 34.8. The van der Waals surface area contributed by atoms with Gasteiger partial charge in [0.25, 0.3) is 40.5 Å². The summed E-state index contributed by atoms with van der Waals surface area (Å²) < 4.78 is 221. The number of anilines is 1. The van der Waals surface area contributed by atoms with E-state index < -0.39 is 92.7 Å². The number of rotatable bonds is 38. The molecule has 0 bridgehead atoms. The molecule has 5 N–H and O–H groups in total. The van der Waals surface area contributed by atoms with Crippen molar-refractivity contribution >= 4 is 95.2 Å². The fraction of sp³-hybridized carbons (Fsp3) is 0.500. The minimum Gasteiger partial charge on any atom is -0.744 e. The first-order valence-electron chi connectivity index (χ1n) is 27.5. The monoisotopic (exact) mass is 1320 g/mol. The smallest absolute Gasteiger partial charge is 0.303 e. The van der Waals surface area contributed by atoms with Crippen LogP contribution < -0.4 is 4.90 Å². The second-order valence-corrected chi connectivity index (χ2v) is 28.0. The highest BCUT2D eigenvalue weighted by molar-refractivity contribution is 7.87.